The van der Waals surface area contributed by atoms with Crippen LogP contribution in [0.2, 0.25) is 0 Å². The molecular weight excluding hydrogens is 222 g/mol. The maximum atomic E-state index is 4.46. The standard InChI is InChI=1S/C15H25N3/c1-15(2,3)17-10-13-7-8-16-14(9-13)18(4)11-12-5-6-12/h7-9,12,17H,5-6,10-11H2,1-4H3. The molecule has 0 atom stereocenters. The molecule has 0 saturated heterocycles. The Morgan fingerprint density at radius 3 is 2.72 bits per heavy atom. The number of pyridine rings is 1. The number of aromatic nitrogens is 1. The molecule has 1 fully saturated rings. The zero-order valence-electron chi connectivity index (χ0n) is 12.0. The summed E-state index contributed by atoms with van der Waals surface area (Å²) in [6.07, 6.45) is 4.68. The van der Waals surface area contributed by atoms with Crippen molar-refractivity contribution in [1.29, 1.82) is 0 Å². The predicted octanol–water partition coefficient (Wildman–Crippen LogP) is 2.82. The molecule has 100 valence electrons. The molecule has 1 aliphatic carbocycles. The summed E-state index contributed by atoms with van der Waals surface area (Å²) in [5, 5.41) is 3.51. The number of hydrogen-bond donors (Lipinski definition) is 1. The second kappa shape index (κ2) is 5.27. The topological polar surface area (TPSA) is 28.2 Å². The van der Waals surface area contributed by atoms with E-state index in [1.165, 1.54) is 18.4 Å². The zero-order valence-corrected chi connectivity index (χ0v) is 12.0. The number of anilines is 1. The van der Waals surface area contributed by atoms with Crippen molar-refractivity contribution in [2.24, 2.45) is 5.92 Å². The van der Waals surface area contributed by atoms with Crippen LogP contribution in [0.15, 0.2) is 18.3 Å². The van der Waals surface area contributed by atoms with Crippen LogP contribution in [-0.2, 0) is 6.54 Å². The van der Waals surface area contributed by atoms with Crippen molar-refractivity contribution < 1.29 is 0 Å². The van der Waals surface area contributed by atoms with Gasteiger partial charge in [0, 0.05) is 31.9 Å². The average Bonchev–Trinajstić information content (AvgIpc) is 3.10. The van der Waals surface area contributed by atoms with Gasteiger partial charge in [-0.1, -0.05) is 0 Å². The molecule has 1 aromatic heterocycles. The molecule has 0 aliphatic heterocycles. The summed E-state index contributed by atoms with van der Waals surface area (Å²) in [6, 6.07) is 4.29. The first-order valence-electron chi connectivity index (χ1n) is 6.85. The smallest absolute Gasteiger partial charge is 0.128 e. The van der Waals surface area contributed by atoms with Gasteiger partial charge >= 0.3 is 0 Å². The minimum absolute atomic E-state index is 0.156. The fourth-order valence-corrected chi connectivity index (χ4v) is 1.93. The summed E-state index contributed by atoms with van der Waals surface area (Å²) >= 11 is 0. The van der Waals surface area contributed by atoms with Gasteiger partial charge in [-0.2, -0.15) is 0 Å². The Bertz CT molecular complexity index is 391. The minimum atomic E-state index is 0.156. The molecular formula is C15H25N3. The molecule has 0 aromatic carbocycles. The Kier molecular flexibility index (Phi) is 3.91. The third-order valence-corrected chi connectivity index (χ3v) is 3.25. The summed E-state index contributed by atoms with van der Waals surface area (Å²) in [6.45, 7) is 8.61. The van der Waals surface area contributed by atoms with Crippen LogP contribution in [0.3, 0.4) is 0 Å². The van der Waals surface area contributed by atoms with Crippen LogP contribution < -0.4 is 10.2 Å². The van der Waals surface area contributed by atoms with Crippen LogP contribution in [0.1, 0.15) is 39.2 Å². The van der Waals surface area contributed by atoms with Crippen molar-refractivity contribution in [1.82, 2.24) is 10.3 Å². The summed E-state index contributed by atoms with van der Waals surface area (Å²) in [5.41, 5.74) is 1.46. The van der Waals surface area contributed by atoms with Gasteiger partial charge in [-0.05, 0) is 57.2 Å². The summed E-state index contributed by atoms with van der Waals surface area (Å²) in [7, 11) is 2.14. The van der Waals surface area contributed by atoms with Crippen LogP contribution in [0.25, 0.3) is 0 Å². The molecule has 18 heavy (non-hydrogen) atoms. The van der Waals surface area contributed by atoms with E-state index in [1.54, 1.807) is 0 Å². The van der Waals surface area contributed by atoms with E-state index in [0.29, 0.717) is 0 Å². The quantitative estimate of drug-likeness (QED) is 0.867. The van der Waals surface area contributed by atoms with Crippen LogP contribution in [0.5, 0.6) is 0 Å². The van der Waals surface area contributed by atoms with E-state index >= 15 is 0 Å². The minimum Gasteiger partial charge on any atom is -0.359 e. The Hall–Kier alpha value is -1.09. The average molecular weight is 247 g/mol. The molecule has 3 nitrogen and oxygen atoms in total. The third kappa shape index (κ3) is 4.30. The van der Waals surface area contributed by atoms with Gasteiger partial charge in [0.15, 0.2) is 0 Å². The van der Waals surface area contributed by atoms with Crippen molar-refractivity contribution in [3.8, 4) is 0 Å². The van der Waals surface area contributed by atoms with Crippen molar-refractivity contribution in [2.45, 2.75) is 45.7 Å². The summed E-state index contributed by atoms with van der Waals surface area (Å²) in [5.74, 6) is 1.99. The van der Waals surface area contributed by atoms with Crippen molar-refractivity contribution in [2.75, 3.05) is 18.5 Å². The van der Waals surface area contributed by atoms with Gasteiger partial charge in [0.25, 0.3) is 0 Å². The molecule has 0 bridgehead atoms. The van der Waals surface area contributed by atoms with Crippen molar-refractivity contribution in [3.63, 3.8) is 0 Å². The molecule has 0 radical (unpaired) electrons. The molecule has 3 heteroatoms. The van der Waals surface area contributed by atoms with Crippen molar-refractivity contribution in [3.05, 3.63) is 23.9 Å². The lowest BCUT2D eigenvalue weighted by molar-refractivity contribution is 0.424. The molecule has 1 saturated carbocycles. The maximum absolute atomic E-state index is 4.46. The Balaban J connectivity index is 1.95. The van der Waals surface area contributed by atoms with E-state index < -0.39 is 0 Å². The number of rotatable bonds is 5. The lowest BCUT2D eigenvalue weighted by Crippen LogP contribution is -2.35. The van der Waals surface area contributed by atoms with Gasteiger partial charge in [0.1, 0.15) is 5.82 Å². The largest absolute Gasteiger partial charge is 0.359 e. The van der Waals surface area contributed by atoms with E-state index in [4.69, 9.17) is 0 Å². The second-order valence-electron chi connectivity index (χ2n) is 6.45. The van der Waals surface area contributed by atoms with Crippen molar-refractivity contribution >= 4 is 5.82 Å². The van der Waals surface area contributed by atoms with E-state index in [1.807, 2.05) is 6.20 Å². The monoisotopic (exact) mass is 247 g/mol. The van der Waals surface area contributed by atoms with E-state index in [0.717, 1.165) is 24.8 Å². The molecule has 1 N–H and O–H groups in total. The lowest BCUT2D eigenvalue weighted by Gasteiger charge is -2.22. The van der Waals surface area contributed by atoms with E-state index in [9.17, 15) is 0 Å². The molecule has 1 aromatic rings. The first kappa shape index (κ1) is 13.3. The third-order valence-electron chi connectivity index (χ3n) is 3.25. The summed E-state index contributed by atoms with van der Waals surface area (Å²) < 4.78 is 0. The van der Waals surface area contributed by atoms with Crippen LogP contribution in [0.4, 0.5) is 5.82 Å². The highest BCUT2D eigenvalue weighted by molar-refractivity contribution is 5.40. The van der Waals surface area contributed by atoms with Gasteiger partial charge in [0.2, 0.25) is 0 Å². The zero-order chi connectivity index (χ0) is 13.2. The van der Waals surface area contributed by atoms with Crippen LogP contribution in [0, 0.1) is 5.92 Å². The summed E-state index contributed by atoms with van der Waals surface area (Å²) in [4.78, 5) is 6.74. The highest BCUT2D eigenvalue weighted by Crippen LogP contribution is 2.30. The molecule has 1 aliphatic rings. The van der Waals surface area contributed by atoms with Gasteiger partial charge < -0.3 is 10.2 Å². The number of nitrogens with zero attached hydrogens (tertiary/aromatic N) is 2. The lowest BCUT2D eigenvalue weighted by atomic mass is 10.1. The normalized spacial score (nSPS) is 15.8. The Labute approximate surface area is 111 Å². The van der Waals surface area contributed by atoms with E-state index in [-0.39, 0.29) is 5.54 Å². The molecule has 0 amide bonds. The van der Waals surface area contributed by atoms with Crippen LogP contribution >= 0.6 is 0 Å². The first-order chi connectivity index (χ1) is 8.44. The predicted molar refractivity (Wildman–Crippen MR) is 76.8 cm³/mol. The Morgan fingerprint density at radius 2 is 2.11 bits per heavy atom. The number of hydrogen-bond acceptors (Lipinski definition) is 3. The van der Waals surface area contributed by atoms with Crippen LogP contribution in [-0.4, -0.2) is 24.1 Å². The van der Waals surface area contributed by atoms with Gasteiger partial charge in [-0.3, -0.25) is 0 Å². The molecule has 2 rings (SSSR count). The van der Waals surface area contributed by atoms with Gasteiger partial charge in [-0.25, -0.2) is 4.98 Å². The fourth-order valence-electron chi connectivity index (χ4n) is 1.93. The Morgan fingerprint density at radius 1 is 1.39 bits per heavy atom. The highest BCUT2D eigenvalue weighted by Gasteiger charge is 2.23. The first-order valence-corrected chi connectivity index (χ1v) is 6.85. The van der Waals surface area contributed by atoms with Gasteiger partial charge in [0.05, 0.1) is 0 Å². The molecule has 1 heterocycles. The van der Waals surface area contributed by atoms with E-state index in [2.05, 4.69) is 55.2 Å². The highest BCUT2D eigenvalue weighted by atomic mass is 15.2. The number of nitrogens with one attached hydrogen (secondary N) is 1. The molecule has 0 spiro atoms. The van der Waals surface area contributed by atoms with Gasteiger partial charge in [-0.15, -0.1) is 0 Å². The fraction of sp³-hybridized carbons (Fsp3) is 0.667. The maximum Gasteiger partial charge on any atom is 0.128 e. The molecule has 0 unspecified atom stereocenters. The second-order valence-corrected chi connectivity index (χ2v) is 6.45. The SMILES string of the molecule is CN(CC1CC1)c1cc(CNC(C)(C)C)ccn1.